The van der Waals surface area contributed by atoms with Crippen molar-refractivity contribution in [2.24, 2.45) is 0 Å². The second kappa shape index (κ2) is 6.20. The molecule has 3 aromatic rings. The summed E-state index contributed by atoms with van der Waals surface area (Å²) in [6.45, 7) is 5.75. The number of ether oxygens (including phenoxy) is 1. The Balaban J connectivity index is 1.91. The highest BCUT2D eigenvalue weighted by Crippen LogP contribution is 2.25. The minimum Gasteiger partial charge on any atom is -0.484 e. The molecule has 0 aliphatic heterocycles. The summed E-state index contributed by atoms with van der Waals surface area (Å²) in [5.74, 6) is -1.37. The van der Waals surface area contributed by atoms with E-state index < -0.39 is 17.5 Å². The highest BCUT2D eigenvalue weighted by atomic mass is 19.1. The van der Waals surface area contributed by atoms with E-state index in [0.29, 0.717) is 16.8 Å². The van der Waals surface area contributed by atoms with Crippen molar-refractivity contribution in [2.75, 3.05) is 6.61 Å². The number of hydrogen-bond donors (Lipinski definition) is 0. The molecular weight excluding hydrogens is 325 g/mol. The Labute approximate surface area is 143 Å². The topological polar surface area (TPSA) is 61.4 Å². The Morgan fingerprint density at radius 1 is 1.16 bits per heavy atom. The molecule has 0 saturated heterocycles. The lowest BCUT2D eigenvalue weighted by molar-refractivity contribution is 0.0834. The molecule has 0 bridgehead atoms. The molecule has 6 heteroatoms. The van der Waals surface area contributed by atoms with Crippen LogP contribution in [0.25, 0.3) is 11.1 Å². The van der Waals surface area contributed by atoms with Gasteiger partial charge in [0, 0.05) is 0 Å². The largest absolute Gasteiger partial charge is 0.484 e. The number of aromatic nitrogens is 1. The summed E-state index contributed by atoms with van der Waals surface area (Å²) in [4.78, 5) is 24.5. The van der Waals surface area contributed by atoms with Gasteiger partial charge >= 0.3 is 5.76 Å². The molecule has 0 atom stereocenters. The van der Waals surface area contributed by atoms with Crippen LogP contribution < -0.4 is 10.5 Å². The van der Waals surface area contributed by atoms with Crippen molar-refractivity contribution in [2.45, 2.75) is 26.2 Å². The number of carbonyl (C=O) groups excluding carboxylic acids is 1. The predicted molar refractivity (Wildman–Crippen MR) is 91.7 cm³/mol. The number of hydrogen-bond acceptors (Lipinski definition) is 4. The quantitative estimate of drug-likeness (QED) is 0.727. The van der Waals surface area contributed by atoms with Crippen LogP contribution in [0, 0.1) is 5.82 Å². The van der Waals surface area contributed by atoms with Crippen molar-refractivity contribution in [1.82, 2.24) is 4.57 Å². The number of halogens is 1. The molecule has 0 N–H and O–H groups in total. The minimum atomic E-state index is -0.756. The molecule has 1 aromatic heterocycles. The van der Waals surface area contributed by atoms with E-state index in [1.54, 1.807) is 12.1 Å². The summed E-state index contributed by atoms with van der Waals surface area (Å²) in [7, 11) is 0. The van der Waals surface area contributed by atoms with Gasteiger partial charge in [-0.3, -0.25) is 4.79 Å². The van der Waals surface area contributed by atoms with Crippen LogP contribution in [0.1, 0.15) is 31.1 Å². The fourth-order valence-electron chi connectivity index (χ4n) is 2.46. The van der Waals surface area contributed by atoms with Gasteiger partial charge in [0.1, 0.15) is 11.6 Å². The Morgan fingerprint density at radius 2 is 1.84 bits per heavy atom. The summed E-state index contributed by atoms with van der Waals surface area (Å²) in [6, 6.07) is 10.6. The van der Waals surface area contributed by atoms with Crippen molar-refractivity contribution < 1.29 is 18.3 Å². The van der Waals surface area contributed by atoms with E-state index in [4.69, 9.17) is 9.15 Å². The molecule has 0 radical (unpaired) electrons. The maximum Gasteiger partial charge on any atom is 0.426 e. The highest BCUT2D eigenvalue weighted by molar-refractivity contribution is 5.90. The molecule has 1 heterocycles. The second-order valence-corrected chi connectivity index (χ2v) is 6.77. The van der Waals surface area contributed by atoms with Gasteiger partial charge in [0.2, 0.25) is 0 Å². The first kappa shape index (κ1) is 17.0. The molecular formula is C19H18FNO4. The lowest BCUT2D eigenvalue weighted by Crippen LogP contribution is -2.27. The third kappa shape index (κ3) is 3.47. The lowest BCUT2D eigenvalue weighted by Gasteiger charge is -2.18. The van der Waals surface area contributed by atoms with Crippen LogP contribution in [0.15, 0.2) is 51.7 Å². The van der Waals surface area contributed by atoms with Crippen LogP contribution in [0.5, 0.6) is 5.75 Å². The van der Waals surface area contributed by atoms with Gasteiger partial charge in [0.15, 0.2) is 12.2 Å². The molecule has 0 fully saturated rings. The van der Waals surface area contributed by atoms with Gasteiger partial charge in [-0.15, -0.1) is 0 Å². The van der Waals surface area contributed by atoms with Crippen LogP contribution in [0.3, 0.4) is 0 Å². The zero-order valence-corrected chi connectivity index (χ0v) is 14.2. The summed E-state index contributed by atoms with van der Waals surface area (Å²) in [5.41, 5.74) is 1.58. The molecule has 130 valence electrons. The van der Waals surface area contributed by atoms with Crippen LogP contribution in [-0.2, 0) is 5.41 Å². The molecule has 0 aliphatic carbocycles. The SMILES string of the molecule is CC(C)(C)c1ccc2oc(=O)n(C(=O)COc3ccc(F)cc3)c2c1. The average Bonchev–Trinajstić information content (AvgIpc) is 2.88. The standard InChI is InChI=1S/C19H18FNO4/c1-19(2,3)12-4-9-16-15(10-12)21(18(23)25-16)17(22)11-24-14-7-5-13(20)6-8-14/h4-10H,11H2,1-3H3. The number of benzene rings is 2. The van der Waals surface area contributed by atoms with E-state index in [2.05, 4.69) is 0 Å². The zero-order valence-electron chi connectivity index (χ0n) is 14.2. The number of fused-ring (bicyclic) bond motifs is 1. The Bertz CT molecular complexity index is 977. The van der Waals surface area contributed by atoms with E-state index in [1.807, 2.05) is 26.8 Å². The fourth-order valence-corrected chi connectivity index (χ4v) is 2.46. The number of carbonyl (C=O) groups is 1. The summed E-state index contributed by atoms with van der Waals surface area (Å²) >= 11 is 0. The summed E-state index contributed by atoms with van der Waals surface area (Å²) in [5, 5.41) is 0. The third-order valence-corrected chi connectivity index (χ3v) is 3.87. The Kier molecular flexibility index (Phi) is 4.20. The van der Waals surface area contributed by atoms with Crippen molar-refractivity contribution in [3.63, 3.8) is 0 Å². The molecule has 2 aromatic carbocycles. The summed E-state index contributed by atoms with van der Waals surface area (Å²) < 4.78 is 24.3. The predicted octanol–water partition coefficient (Wildman–Crippen LogP) is 3.75. The molecule has 0 saturated carbocycles. The second-order valence-electron chi connectivity index (χ2n) is 6.77. The van der Waals surface area contributed by atoms with Gasteiger partial charge in [-0.1, -0.05) is 26.8 Å². The minimum absolute atomic E-state index is 0.139. The zero-order chi connectivity index (χ0) is 18.2. The van der Waals surface area contributed by atoms with Crippen molar-refractivity contribution in [3.05, 3.63) is 64.4 Å². The Morgan fingerprint density at radius 3 is 2.48 bits per heavy atom. The third-order valence-electron chi connectivity index (χ3n) is 3.87. The first-order valence-electron chi connectivity index (χ1n) is 7.83. The van der Waals surface area contributed by atoms with Gasteiger partial charge in [-0.25, -0.2) is 13.8 Å². The van der Waals surface area contributed by atoms with Crippen LogP contribution >= 0.6 is 0 Å². The number of rotatable bonds is 3. The molecule has 0 unspecified atom stereocenters. The van der Waals surface area contributed by atoms with E-state index in [0.717, 1.165) is 10.1 Å². The van der Waals surface area contributed by atoms with Crippen molar-refractivity contribution >= 4 is 17.0 Å². The lowest BCUT2D eigenvalue weighted by atomic mass is 9.87. The van der Waals surface area contributed by atoms with Gasteiger partial charge in [0.05, 0.1) is 5.52 Å². The molecule has 5 nitrogen and oxygen atoms in total. The van der Waals surface area contributed by atoms with Crippen LogP contribution in [0.4, 0.5) is 4.39 Å². The summed E-state index contributed by atoms with van der Waals surface area (Å²) in [6.07, 6.45) is 0. The molecule has 0 amide bonds. The highest BCUT2D eigenvalue weighted by Gasteiger charge is 2.20. The normalized spacial score (nSPS) is 11.7. The van der Waals surface area contributed by atoms with E-state index in [-0.39, 0.29) is 12.0 Å². The average molecular weight is 343 g/mol. The first-order chi connectivity index (χ1) is 11.8. The van der Waals surface area contributed by atoms with Gasteiger partial charge < -0.3 is 9.15 Å². The number of oxazole rings is 1. The molecule has 0 aliphatic rings. The number of nitrogens with zero attached hydrogens (tertiary/aromatic N) is 1. The monoisotopic (exact) mass is 343 g/mol. The van der Waals surface area contributed by atoms with E-state index >= 15 is 0 Å². The van der Waals surface area contributed by atoms with Gasteiger partial charge in [0.25, 0.3) is 5.91 Å². The smallest absolute Gasteiger partial charge is 0.426 e. The molecule has 0 spiro atoms. The van der Waals surface area contributed by atoms with Gasteiger partial charge in [-0.05, 0) is 47.4 Å². The Hall–Kier alpha value is -2.89. The first-order valence-corrected chi connectivity index (χ1v) is 7.83. The maximum absolute atomic E-state index is 12.9. The van der Waals surface area contributed by atoms with E-state index in [1.165, 1.54) is 24.3 Å². The van der Waals surface area contributed by atoms with Crippen LogP contribution in [0.2, 0.25) is 0 Å². The fraction of sp³-hybridized carbons (Fsp3) is 0.263. The van der Waals surface area contributed by atoms with Gasteiger partial charge in [-0.2, -0.15) is 0 Å². The van der Waals surface area contributed by atoms with Crippen molar-refractivity contribution in [3.8, 4) is 5.75 Å². The maximum atomic E-state index is 12.9. The van der Waals surface area contributed by atoms with Crippen LogP contribution in [-0.4, -0.2) is 17.1 Å². The molecule has 25 heavy (non-hydrogen) atoms. The van der Waals surface area contributed by atoms with Crippen molar-refractivity contribution in [1.29, 1.82) is 0 Å². The van der Waals surface area contributed by atoms with E-state index in [9.17, 15) is 14.0 Å². The molecule has 3 rings (SSSR count).